The third-order valence-corrected chi connectivity index (χ3v) is 6.34. The number of imidazole rings is 1. The maximum Gasteiger partial charge on any atom is 0.416 e. The first-order valence-electron chi connectivity index (χ1n) is 11.8. The number of hydrogen-bond acceptors (Lipinski definition) is 5. The lowest BCUT2D eigenvalue weighted by Gasteiger charge is -2.29. The monoisotopic (exact) mass is 511 g/mol. The predicted octanol–water partition coefficient (Wildman–Crippen LogP) is 6.41. The molecule has 0 fully saturated rings. The summed E-state index contributed by atoms with van der Waals surface area (Å²) in [6.07, 6.45) is -4.44. The number of nitrogens with one attached hydrogen (secondary N) is 1. The molecule has 0 aliphatic rings. The van der Waals surface area contributed by atoms with E-state index in [0.29, 0.717) is 22.7 Å². The van der Waals surface area contributed by atoms with E-state index >= 15 is 0 Å². The second-order valence-electron chi connectivity index (χ2n) is 10.2. The summed E-state index contributed by atoms with van der Waals surface area (Å²) in [5.41, 5.74) is 2.09. The van der Waals surface area contributed by atoms with Crippen molar-refractivity contribution in [2.75, 3.05) is 5.32 Å². The second kappa shape index (κ2) is 9.49. The molecule has 0 amide bonds. The number of nitrogens with zero attached hydrogens (tertiary/aromatic N) is 4. The van der Waals surface area contributed by atoms with Crippen LogP contribution in [0.5, 0.6) is 0 Å². The lowest BCUT2D eigenvalue weighted by Crippen LogP contribution is -2.31. The lowest BCUT2D eigenvalue weighted by atomic mass is 9.88. The highest BCUT2D eigenvalue weighted by atomic mass is 19.4. The molecule has 10 heteroatoms. The maximum absolute atomic E-state index is 13.1. The number of hydrogen-bond donors (Lipinski definition) is 2. The van der Waals surface area contributed by atoms with Gasteiger partial charge in [0, 0.05) is 18.2 Å². The van der Waals surface area contributed by atoms with Crippen LogP contribution in [-0.2, 0) is 12.7 Å². The van der Waals surface area contributed by atoms with Gasteiger partial charge in [0.1, 0.15) is 11.3 Å². The Morgan fingerprint density at radius 1 is 1.05 bits per heavy atom. The molecule has 0 saturated carbocycles. The molecule has 0 aliphatic heterocycles. The first-order valence-corrected chi connectivity index (χ1v) is 11.8. The average molecular weight is 512 g/mol. The molecular formula is C27H28F3N5O2. The number of halogens is 3. The zero-order valence-corrected chi connectivity index (χ0v) is 21.2. The zero-order valence-electron chi connectivity index (χ0n) is 21.2. The van der Waals surface area contributed by atoms with Gasteiger partial charge in [-0.15, -0.1) is 0 Å². The summed E-state index contributed by atoms with van der Waals surface area (Å²) in [5, 5.41) is 13.0. The summed E-state index contributed by atoms with van der Waals surface area (Å²) in [6, 6.07) is 12.4. The molecule has 37 heavy (non-hydrogen) atoms. The van der Waals surface area contributed by atoms with E-state index in [1.807, 2.05) is 63.5 Å². The number of carbonyl (C=O) groups is 1. The molecule has 2 aromatic heterocycles. The van der Waals surface area contributed by atoms with Crippen molar-refractivity contribution in [3.63, 3.8) is 0 Å². The molecule has 0 bridgehead atoms. The molecule has 4 rings (SSSR count). The number of aromatic carboxylic acids is 1. The summed E-state index contributed by atoms with van der Waals surface area (Å²) >= 11 is 0. The van der Waals surface area contributed by atoms with Gasteiger partial charge in [-0.3, -0.25) is 0 Å². The summed E-state index contributed by atoms with van der Waals surface area (Å²) < 4.78 is 41.2. The Kier molecular flexibility index (Phi) is 6.70. The Morgan fingerprint density at radius 3 is 2.30 bits per heavy atom. The largest absolute Gasteiger partial charge is 0.475 e. The van der Waals surface area contributed by atoms with E-state index in [1.54, 1.807) is 0 Å². The van der Waals surface area contributed by atoms with Crippen LogP contribution in [0.4, 0.5) is 19.0 Å². The Morgan fingerprint density at radius 2 is 1.73 bits per heavy atom. The number of carboxylic acids is 1. The highest BCUT2D eigenvalue weighted by Crippen LogP contribution is 2.33. The molecule has 194 valence electrons. The van der Waals surface area contributed by atoms with Crippen molar-refractivity contribution in [1.29, 1.82) is 0 Å². The standard InChI is InChI=1S/C27H28F3N5O2/c1-15-7-6-8-18(13-15)24-34-22-20(35(24)14-17-9-11-19(12-10-17)27(28,29)30)21(31-16(2)26(3,4)5)32-23(33-22)25(36)37/h6-13,16H,14H2,1-5H3,(H,36,37)(H,31,32,33). The van der Waals surface area contributed by atoms with E-state index < -0.39 is 23.5 Å². The van der Waals surface area contributed by atoms with Crippen molar-refractivity contribution >= 4 is 23.0 Å². The summed E-state index contributed by atoms with van der Waals surface area (Å²) in [5.74, 6) is -0.890. The number of rotatable bonds is 6. The molecule has 0 saturated heterocycles. The van der Waals surface area contributed by atoms with E-state index in [0.717, 1.165) is 23.3 Å². The van der Waals surface area contributed by atoms with Crippen molar-refractivity contribution in [3.8, 4) is 11.4 Å². The number of aryl methyl sites for hydroxylation is 1. The van der Waals surface area contributed by atoms with Gasteiger partial charge in [-0.05, 0) is 43.0 Å². The fourth-order valence-electron chi connectivity index (χ4n) is 3.79. The molecular weight excluding hydrogens is 483 g/mol. The van der Waals surface area contributed by atoms with Gasteiger partial charge in [0.25, 0.3) is 0 Å². The lowest BCUT2D eigenvalue weighted by molar-refractivity contribution is -0.137. The van der Waals surface area contributed by atoms with Gasteiger partial charge in [-0.2, -0.15) is 13.2 Å². The number of benzene rings is 2. The van der Waals surface area contributed by atoms with Crippen molar-refractivity contribution in [2.24, 2.45) is 5.41 Å². The number of alkyl halides is 3. The van der Waals surface area contributed by atoms with Crippen molar-refractivity contribution < 1.29 is 23.1 Å². The molecule has 1 unspecified atom stereocenters. The molecule has 0 aliphatic carbocycles. The van der Waals surface area contributed by atoms with Crippen LogP contribution in [0.25, 0.3) is 22.6 Å². The topological polar surface area (TPSA) is 92.9 Å². The van der Waals surface area contributed by atoms with Gasteiger partial charge >= 0.3 is 12.1 Å². The Balaban J connectivity index is 1.95. The van der Waals surface area contributed by atoms with E-state index in [2.05, 4.69) is 20.3 Å². The van der Waals surface area contributed by atoms with Crippen molar-refractivity contribution in [2.45, 2.75) is 53.4 Å². The van der Waals surface area contributed by atoms with E-state index in [-0.39, 0.29) is 23.6 Å². The molecule has 0 radical (unpaired) electrons. The highest BCUT2D eigenvalue weighted by molar-refractivity contribution is 5.92. The number of carboxylic acid groups (broad SMARTS) is 1. The number of aromatic nitrogens is 4. The highest BCUT2D eigenvalue weighted by Gasteiger charge is 2.30. The van der Waals surface area contributed by atoms with Gasteiger partial charge in [-0.1, -0.05) is 56.7 Å². The molecule has 2 aromatic carbocycles. The number of fused-ring (bicyclic) bond motifs is 1. The Labute approximate surface area is 212 Å². The van der Waals surface area contributed by atoms with Gasteiger partial charge in [0.15, 0.2) is 11.5 Å². The molecule has 4 aromatic rings. The maximum atomic E-state index is 13.1. The van der Waals surface area contributed by atoms with E-state index in [1.165, 1.54) is 12.1 Å². The molecule has 0 spiro atoms. The summed E-state index contributed by atoms with van der Waals surface area (Å²) in [6.45, 7) is 10.2. The first-order chi connectivity index (χ1) is 17.2. The number of anilines is 1. The van der Waals surface area contributed by atoms with Gasteiger partial charge < -0.3 is 15.0 Å². The van der Waals surface area contributed by atoms with Crippen LogP contribution in [0.2, 0.25) is 0 Å². The van der Waals surface area contributed by atoms with E-state index in [9.17, 15) is 23.1 Å². The fraction of sp³-hybridized carbons (Fsp3) is 0.333. The quantitative estimate of drug-likeness (QED) is 0.311. The van der Waals surface area contributed by atoms with Gasteiger partial charge in [-0.25, -0.2) is 19.7 Å². The Hall–Kier alpha value is -3.95. The normalized spacial score (nSPS) is 13.1. The van der Waals surface area contributed by atoms with Crippen LogP contribution in [0.15, 0.2) is 48.5 Å². The van der Waals surface area contributed by atoms with Crippen LogP contribution in [0, 0.1) is 12.3 Å². The predicted molar refractivity (Wildman–Crippen MR) is 136 cm³/mol. The van der Waals surface area contributed by atoms with Crippen LogP contribution in [-0.4, -0.2) is 36.6 Å². The average Bonchev–Trinajstić information content (AvgIpc) is 3.16. The zero-order chi connectivity index (χ0) is 27.1. The third-order valence-electron chi connectivity index (χ3n) is 6.34. The van der Waals surface area contributed by atoms with Crippen LogP contribution in [0.3, 0.4) is 0 Å². The van der Waals surface area contributed by atoms with Crippen LogP contribution >= 0.6 is 0 Å². The Bertz CT molecular complexity index is 1450. The first kappa shape index (κ1) is 26.1. The third kappa shape index (κ3) is 5.58. The van der Waals surface area contributed by atoms with Crippen LogP contribution < -0.4 is 5.32 Å². The molecule has 1 atom stereocenters. The fourth-order valence-corrected chi connectivity index (χ4v) is 3.79. The minimum Gasteiger partial charge on any atom is -0.475 e. The molecule has 2 heterocycles. The van der Waals surface area contributed by atoms with E-state index in [4.69, 9.17) is 0 Å². The summed E-state index contributed by atoms with van der Waals surface area (Å²) in [4.78, 5) is 25.0. The molecule has 2 N–H and O–H groups in total. The second-order valence-corrected chi connectivity index (χ2v) is 10.2. The minimum atomic E-state index is -4.44. The van der Waals surface area contributed by atoms with Gasteiger partial charge in [0.05, 0.1) is 5.56 Å². The summed E-state index contributed by atoms with van der Waals surface area (Å²) in [7, 11) is 0. The van der Waals surface area contributed by atoms with Crippen molar-refractivity contribution in [3.05, 3.63) is 71.0 Å². The SMILES string of the molecule is Cc1cccc(-c2nc3nc(C(=O)O)nc(NC(C)C(C)(C)C)c3n2Cc2ccc(C(F)(F)F)cc2)c1. The smallest absolute Gasteiger partial charge is 0.416 e. The minimum absolute atomic E-state index is 0.107. The molecule has 7 nitrogen and oxygen atoms in total. The van der Waals surface area contributed by atoms with Crippen LogP contribution in [0.1, 0.15) is 55.0 Å². The van der Waals surface area contributed by atoms with Gasteiger partial charge in [0.2, 0.25) is 5.82 Å². The van der Waals surface area contributed by atoms with Crippen molar-refractivity contribution in [1.82, 2.24) is 19.5 Å².